The number of ether oxygens (including phenoxy) is 1. The summed E-state index contributed by atoms with van der Waals surface area (Å²) in [6.07, 6.45) is -0.385. The van der Waals surface area contributed by atoms with E-state index in [-0.39, 0.29) is 12.1 Å². The number of thiophene rings is 1. The largest absolute Gasteiger partial charge is 0.444 e. The number of carbonyl (C=O) groups excluding carboxylic acids is 1. The molecule has 0 spiro atoms. The highest BCUT2D eigenvalue weighted by atomic mass is 79.9. The average Bonchev–Trinajstić information content (AvgIpc) is 2.47. The quantitative estimate of drug-likeness (QED) is 0.893. The SMILES string of the molecule is CC(NC(=O)OC(C)(C)C)c1cc(Br)cs1. The number of carbonyl (C=O) groups is 1. The van der Waals surface area contributed by atoms with Gasteiger partial charge in [0.1, 0.15) is 5.60 Å². The van der Waals surface area contributed by atoms with Gasteiger partial charge in [0.15, 0.2) is 0 Å². The van der Waals surface area contributed by atoms with Crippen LogP contribution in [0.5, 0.6) is 0 Å². The Morgan fingerprint density at radius 3 is 2.62 bits per heavy atom. The van der Waals surface area contributed by atoms with Gasteiger partial charge in [-0.3, -0.25) is 0 Å². The predicted octanol–water partition coefficient (Wildman–Crippen LogP) is 4.10. The van der Waals surface area contributed by atoms with Gasteiger partial charge < -0.3 is 10.1 Å². The zero-order chi connectivity index (χ0) is 12.3. The molecule has 0 saturated heterocycles. The van der Waals surface area contributed by atoms with Crippen molar-refractivity contribution >= 4 is 33.4 Å². The van der Waals surface area contributed by atoms with E-state index in [0.717, 1.165) is 9.35 Å². The highest BCUT2D eigenvalue weighted by Crippen LogP contribution is 2.25. The summed E-state index contributed by atoms with van der Waals surface area (Å²) in [5, 5.41) is 4.78. The molecule has 0 fully saturated rings. The lowest BCUT2D eigenvalue weighted by Crippen LogP contribution is -2.33. The Balaban J connectivity index is 2.52. The molecule has 0 aliphatic rings. The maximum Gasteiger partial charge on any atom is 0.408 e. The van der Waals surface area contributed by atoms with E-state index >= 15 is 0 Å². The Bertz CT molecular complexity index is 370. The topological polar surface area (TPSA) is 38.3 Å². The maximum atomic E-state index is 11.5. The molecule has 0 aliphatic heterocycles. The van der Waals surface area contributed by atoms with E-state index in [0.29, 0.717) is 0 Å². The van der Waals surface area contributed by atoms with E-state index < -0.39 is 5.60 Å². The molecule has 3 nitrogen and oxygen atoms in total. The van der Waals surface area contributed by atoms with Gasteiger partial charge in [-0.2, -0.15) is 0 Å². The van der Waals surface area contributed by atoms with Crippen LogP contribution in [0, 0.1) is 0 Å². The summed E-state index contributed by atoms with van der Waals surface area (Å²) in [6, 6.07) is 1.96. The molecule has 1 amide bonds. The highest BCUT2D eigenvalue weighted by Gasteiger charge is 2.18. The first-order valence-electron chi connectivity index (χ1n) is 5.01. The van der Waals surface area contributed by atoms with E-state index in [1.54, 1.807) is 11.3 Å². The van der Waals surface area contributed by atoms with Crippen LogP contribution < -0.4 is 5.32 Å². The van der Waals surface area contributed by atoms with E-state index in [4.69, 9.17) is 4.74 Å². The van der Waals surface area contributed by atoms with Crippen molar-refractivity contribution in [3.05, 3.63) is 20.8 Å². The van der Waals surface area contributed by atoms with E-state index in [1.165, 1.54) is 0 Å². The van der Waals surface area contributed by atoms with Crippen LogP contribution in [-0.2, 0) is 4.74 Å². The molecule has 0 radical (unpaired) electrons. The van der Waals surface area contributed by atoms with Gasteiger partial charge in [-0.05, 0) is 49.7 Å². The number of nitrogens with one attached hydrogen (secondary N) is 1. The van der Waals surface area contributed by atoms with Gasteiger partial charge in [0.25, 0.3) is 0 Å². The van der Waals surface area contributed by atoms with Gasteiger partial charge in [-0.15, -0.1) is 11.3 Å². The molecule has 0 aliphatic carbocycles. The van der Waals surface area contributed by atoms with E-state index in [9.17, 15) is 4.79 Å². The van der Waals surface area contributed by atoms with Crippen LogP contribution in [-0.4, -0.2) is 11.7 Å². The highest BCUT2D eigenvalue weighted by molar-refractivity contribution is 9.10. The molecule has 1 unspecified atom stereocenters. The predicted molar refractivity (Wildman–Crippen MR) is 69.8 cm³/mol. The van der Waals surface area contributed by atoms with E-state index in [2.05, 4.69) is 21.2 Å². The van der Waals surface area contributed by atoms with Gasteiger partial charge >= 0.3 is 6.09 Å². The maximum absolute atomic E-state index is 11.5. The first-order valence-corrected chi connectivity index (χ1v) is 6.68. The standard InChI is InChI=1S/C11H16BrNO2S/c1-7(9-5-8(12)6-16-9)13-10(14)15-11(2,3)4/h5-7H,1-4H3,(H,13,14). The third-order valence-electron chi connectivity index (χ3n) is 1.75. The number of amides is 1. The summed E-state index contributed by atoms with van der Waals surface area (Å²) in [5.74, 6) is 0. The third kappa shape index (κ3) is 4.53. The number of hydrogen-bond acceptors (Lipinski definition) is 3. The molecule has 16 heavy (non-hydrogen) atoms. The van der Waals surface area contributed by atoms with Crippen LogP contribution in [0.2, 0.25) is 0 Å². The van der Waals surface area contributed by atoms with Crippen molar-refractivity contribution < 1.29 is 9.53 Å². The van der Waals surface area contributed by atoms with Crippen LogP contribution in [0.25, 0.3) is 0 Å². The Labute approximate surface area is 108 Å². The van der Waals surface area contributed by atoms with Crippen molar-refractivity contribution in [2.24, 2.45) is 0 Å². The van der Waals surface area contributed by atoms with Crippen LogP contribution in [0.3, 0.4) is 0 Å². The molecule has 1 aromatic rings. The second kappa shape index (κ2) is 5.19. The van der Waals surface area contributed by atoms with Gasteiger partial charge in [0.05, 0.1) is 6.04 Å². The van der Waals surface area contributed by atoms with Crippen molar-refractivity contribution in [2.45, 2.75) is 39.3 Å². The summed E-state index contributed by atoms with van der Waals surface area (Å²) in [4.78, 5) is 12.6. The number of hydrogen-bond donors (Lipinski definition) is 1. The Morgan fingerprint density at radius 1 is 1.56 bits per heavy atom. The summed E-state index contributed by atoms with van der Waals surface area (Å²) in [6.45, 7) is 7.47. The Morgan fingerprint density at radius 2 is 2.19 bits per heavy atom. The lowest BCUT2D eigenvalue weighted by atomic mass is 10.2. The molecular formula is C11H16BrNO2S. The molecule has 5 heteroatoms. The van der Waals surface area contributed by atoms with Crippen molar-refractivity contribution in [3.63, 3.8) is 0 Å². The van der Waals surface area contributed by atoms with Crippen LogP contribution >= 0.6 is 27.3 Å². The van der Waals surface area contributed by atoms with Crippen LogP contribution in [0.1, 0.15) is 38.6 Å². The molecule has 90 valence electrons. The molecule has 0 bridgehead atoms. The Hall–Kier alpha value is -0.550. The monoisotopic (exact) mass is 305 g/mol. The van der Waals surface area contributed by atoms with Gasteiger partial charge in [-0.1, -0.05) is 0 Å². The molecule has 1 aromatic heterocycles. The number of rotatable bonds is 2. The zero-order valence-corrected chi connectivity index (χ0v) is 12.2. The molecule has 0 saturated carbocycles. The zero-order valence-electron chi connectivity index (χ0n) is 9.83. The minimum Gasteiger partial charge on any atom is -0.444 e. The van der Waals surface area contributed by atoms with Gasteiger partial charge in [-0.25, -0.2) is 4.79 Å². The summed E-state index contributed by atoms with van der Waals surface area (Å²) < 4.78 is 6.21. The fraction of sp³-hybridized carbons (Fsp3) is 0.545. The normalized spacial score (nSPS) is 13.3. The number of halogens is 1. The van der Waals surface area contributed by atoms with Crippen molar-refractivity contribution in [3.8, 4) is 0 Å². The van der Waals surface area contributed by atoms with E-state index in [1.807, 2.05) is 39.1 Å². The fourth-order valence-electron chi connectivity index (χ4n) is 1.11. The third-order valence-corrected chi connectivity index (χ3v) is 3.62. The molecule has 0 aromatic carbocycles. The molecule has 1 atom stereocenters. The summed E-state index contributed by atoms with van der Waals surface area (Å²) in [5.41, 5.74) is -0.458. The fourth-order valence-corrected chi connectivity index (χ4v) is 2.56. The van der Waals surface area contributed by atoms with Crippen molar-refractivity contribution in [1.82, 2.24) is 5.32 Å². The average molecular weight is 306 g/mol. The Kier molecular flexibility index (Phi) is 4.38. The van der Waals surface area contributed by atoms with Crippen molar-refractivity contribution in [1.29, 1.82) is 0 Å². The van der Waals surface area contributed by atoms with Gasteiger partial charge in [0, 0.05) is 14.7 Å². The number of alkyl carbamates (subject to hydrolysis) is 1. The molecular weight excluding hydrogens is 290 g/mol. The second-order valence-corrected chi connectivity index (χ2v) is 6.39. The van der Waals surface area contributed by atoms with Crippen LogP contribution in [0.15, 0.2) is 15.9 Å². The minimum atomic E-state index is -0.458. The van der Waals surface area contributed by atoms with Crippen molar-refractivity contribution in [2.75, 3.05) is 0 Å². The first-order chi connectivity index (χ1) is 7.28. The lowest BCUT2D eigenvalue weighted by molar-refractivity contribution is 0.0509. The van der Waals surface area contributed by atoms with Crippen LogP contribution in [0.4, 0.5) is 4.79 Å². The smallest absolute Gasteiger partial charge is 0.408 e. The summed E-state index contributed by atoms with van der Waals surface area (Å²) in [7, 11) is 0. The lowest BCUT2D eigenvalue weighted by Gasteiger charge is -2.21. The van der Waals surface area contributed by atoms with Gasteiger partial charge in [0.2, 0.25) is 0 Å². The minimum absolute atomic E-state index is 0.0360. The molecule has 1 rings (SSSR count). The summed E-state index contributed by atoms with van der Waals surface area (Å²) >= 11 is 4.98. The first kappa shape index (κ1) is 13.5. The molecule has 1 heterocycles. The second-order valence-electron chi connectivity index (χ2n) is 4.54. The molecule has 1 N–H and O–H groups in total.